The Bertz CT molecular complexity index is 1060. The number of hydrogen-bond donors (Lipinski definition) is 1. The molecule has 1 aliphatic rings. The molecular formula is C22H20N2O5S. The third kappa shape index (κ3) is 4.72. The Morgan fingerprint density at radius 2 is 2.07 bits per heavy atom. The maximum absolute atomic E-state index is 12.6. The molecule has 2 aromatic carbocycles. The predicted octanol–water partition coefficient (Wildman–Crippen LogP) is 4.19. The van der Waals surface area contributed by atoms with Crippen molar-refractivity contribution in [2.75, 3.05) is 20.8 Å². The molecule has 1 saturated heterocycles. The Kier molecular flexibility index (Phi) is 6.58. The summed E-state index contributed by atoms with van der Waals surface area (Å²) in [5.74, 6) is -0.0910. The first-order chi connectivity index (χ1) is 14.4. The molecule has 154 valence electrons. The SMILES string of the molecule is C=CCOc1ccc(C=C2SC(=Nc3cccc(C(=O)O)c3)N(C)C2=O)cc1OC. The van der Waals surface area contributed by atoms with Gasteiger partial charge in [0.05, 0.1) is 23.3 Å². The van der Waals surface area contributed by atoms with Crippen molar-refractivity contribution in [2.24, 2.45) is 4.99 Å². The highest BCUT2D eigenvalue weighted by Gasteiger charge is 2.30. The van der Waals surface area contributed by atoms with Gasteiger partial charge in [-0.1, -0.05) is 24.8 Å². The number of carbonyl (C=O) groups is 2. The summed E-state index contributed by atoms with van der Waals surface area (Å²) < 4.78 is 10.9. The molecule has 1 heterocycles. The Morgan fingerprint density at radius 1 is 1.27 bits per heavy atom. The van der Waals surface area contributed by atoms with Crippen molar-refractivity contribution in [1.29, 1.82) is 0 Å². The number of carbonyl (C=O) groups excluding carboxylic acids is 1. The second-order valence-corrected chi connectivity index (χ2v) is 7.24. The number of benzene rings is 2. The topological polar surface area (TPSA) is 88.4 Å². The number of thioether (sulfide) groups is 1. The number of hydrogen-bond acceptors (Lipinski definition) is 6. The number of carboxylic acid groups (broad SMARTS) is 1. The molecule has 2 aromatic rings. The van der Waals surface area contributed by atoms with Crippen LogP contribution in [0.5, 0.6) is 11.5 Å². The van der Waals surface area contributed by atoms with E-state index in [-0.39, 0.29) is 11.5 Å². The second kappa shape index (κ2) is 9.32. The van der Waals surface area contributed by atoms with Crippen LogP contribution in [0.3, 0.4) is 0 Å². The van der Waals surface area contributed by atoms with Gasteiger partial charge in [0.25, 0.3) is 5.91 Å². The predicted molar refractivity (Wildman–Crippen MR) is 118 cm³/mol. The minimum atomic E-state index is -1.03. The number of methoxy groups -OCH3 is 1. The number of aliphatic imine (C=N–C) groups is 1. The lowest BCUT2D eigenvalue weighted by atomic mass is 10.2. The fourth-order valence-corrected chi connectivity index (χ4v) is 3.65. The molecule has 0 saturated carbocycles. The highest BCUT2D eigenvalue weighted by molar-refractivity contribution is 8.18. The summed E-state index contributed by atoms with van der Waals surface area (Å²) in [5, 5.41) is 9.59. The first-order valence-corrected chi connectivity index (χ1v) is 9.76. The van der Waals surface area contributed by atoms with Gasteiger partial charge >= 0.3 is 5.97 Å². The van der Waals surface area contributed by atoms with Gasteiger partial charge in [0.2, 0.25) is 0 Å². The number of amides is 1. The summed E-state index contributed by atoms with van der Waals surface area (Å²) in [7, 11) is 3.18. The quantitative estimate of drug-likeness (QED) is 0.530. The van der Waals surface area contributed by atoms with E-state index in [2.05, 4.69) is 11.6 Å². The zero-order valence-corrected chi connectivity index (χ0v) is 17.3. The van der Waals surface area contributed by atoms with E-state index in [4.69, 9.17) is 14.6 Å². The van der Waals surface area contributed by atoms with E-state index in [1.807, 2.05) is 6.07 Å². The van der Waals surface area contributed by atoms with Gasteiger partial charge in [-0.2, -0.15) is 0 Å². The van der Waals surface area contributed by atoms with Crippen molar-refractivity contribution in [3.8, 4) is 11.5 Å². The Balaban J connectivity index is 1.87. The number of amidine groups is 1. The number of aromatic carboxylic acids is 1. The lowest BCUT2D eigenvalue weighted by Crippen LogP contribution is -2.23. The molecule has 0 aliphatic carbocycles. The van der Waals surface area contributed by atoms with E-state index in [0.717, 1.165) is 5.56 Å². The summed E-state index contributed by atoms with van der Waals surface area (Å²) in [6.07, 6.45) is 3.39. The van der Waals surface area contributed by atoms with Gasteiger partial charge in [-0.05, 0) is 53.7 Å². The van der Waals surface area contributed by atoms with E-state index < -0.39 is 5.97 Å². The molecule has 8 heteroatoms. The van der Waals surface area contributed by atoms with Crippen LogP contribution in [0, 0.1) is 0 Å². The molecule has 0 atom stereocenters. The van der Waals surface area contributed by atoms with E-state index in [9.17, 15) is 9.59 Å². The lowest BCUT2D eigenvalue weighted by Gasteiger charge is -2.10. The second-order valence-electron chi connectivity index (χ2n) is 6.23. The fraction of sp³-hybridized carbons (Fsp3) is 0.136. The molecule has 0 spiro atoms. The molecule has 1 N–H and O–H groups in total. The summed E-state index contributed by atoms with van der Waals surface area (Å²) >= 11 is 1.22. The summed E-state index contributed by atoms with van der Waals surface area (Å²) in [5.41, 5.74) is 1.37. The Hall–Kier alpha value is -3.52. The average Bonchev–Trinajstić information content (AvgIpc) is 3.00. The third-order valence-corrected chi connectivity index (χ3v) is 5.22. The van der Waals surface area contributed by atoms with Crippen LogP contribution in [0.1, 0.15) is 15.9 Å². The minimum absolute atomic E-state index is 0.135. The highest BCUT2D eigenvalue weighted by atomic mass is 32.2. The molecule has 3 rings (SSSR count). The van der Waals surface area contributed by atoms with Crippen molar-refractivity contribution in [1.82, 2.24) is 4.90 Å². The first-order valence-electron chi connectivity index (χ1n) is 8.94. The summed E-state index contributed by atoms with van der Waals surface area (Å²) in [6, 6.07) is 11.6. The third-order valence-electron chi connectivity index (χ3n) is 4.16. The van der Waals surface area contributed by atoms with Crippen LogP contribution in [0.2, 0.25) is 0 Å². The molecule has 0 radical (unpaired) electrons. The molecule has 1 amide bonds. The van der Waals surface area contributed by atoms with Crippen LogP contribution < -0.4 is 9.47 Å². The van der Waals surface area contributed by atoms with Gasteiger partial charge in [0.1, 0.15) is 6.61 Å². The zero-order valence-electron chi connectivity index (χ0n) is 16.5. The van der Waals surface area contributed by atoms with Crippen molar-refractivity contribution >= 4 is 40.6 Å². The summed E-state index contributed by atoms with van der Waals surface area (Å²) in [6.45, 7) is 3.98. The number of ether oxygens (including phenoxy) is 2. The smallest absolute Gasteiger partial charge is 0.335 e. The van der Waals surface area contributed by atoms with Crippen LogP contribution in [-0.2, 0) is 4.79 Å². The lowest BCUT2D eigenvalue weighted by molar-refractivity contribution is -0.121. The number of nitrogens with zero attached hydrogens (tertiary/aromatic N) is 2. The van der Waals surface area contributed by atoms with Crippen molar-refractivity contribution in [3.05, 3.63) is 71.2 Å². The summed E-state index contributed by atoms with van der Waals surface area (Å²) in [4.78, 5) is 30.1. The minimum Gasteiger partial charge on any atom is -0.493 e. The molecule has 7 nitrogen and oxygen atoms in total. The fourth-order valence-electron chi connectivity index (χ4n) is 2.66. The standard InChI is InChI=1S/C22H20N2O5S/c1-4-10-29-17-9-8-14(11-18(17)28-3)12-19-20(25)24(2)22(30-19)23-16-7-5-6-15(13-16)21(26)27/h4-9,11-13H,1,10H2,2-3H3,(H,26,27). The molecule has 1 aliphatic heterocycles. The van der Waals surface area contributed by atoms with Gasteiger partial charge in [0.15, 0.2) is 16.7 Å². The van der Waals surface area contributed by atoms with Crippen LogP contribution in [0.25, 0.3) is 6.08 Å². The average molecular weight is 424 g/mol. The molecule has 0 aromatic heterocycles. The van der Waals surface area contributed by atoms with Crippen molar-refractivity contribution in [2.45, 2.75) is 0 Å². The van der Waals surface area contributed by atoms with Crippen molar-refractivity contribution in [3.63, 3.8) is 0 Å². The Labute approximate surface area is 178 Å². The molecule has 30 heavy (non-hydrogen) atoms. The molecular weight excluding hydrogens is 404 g/mol. The van der Waals surface area contributed by atoms with Gasteiger partial charge in [-0.25, -0.2) is 9.79 Å². The largest absolute Gasteiger partial charge is 0.493 e. The monoisotopic (exact) mass is 424 g/mol. The maximum atomic E-state index is 12.6. The van der Waals surface area contributed by atoms with Crippen LogP contribution >= 0.6 is 11.8 Å². The normalized spacial score (nSPS) is 16.2. The zero-order chi connectivity index (χ0) is 21.7. The molecule has 0 bridgehead atoms. The van der Waals surface area contributed by atoms with Crippen LogP contribution in [-0.4, -0.2) is 47.8 Å². The van der Waals surface area contributed by atoms with Gasteiger partial charge in [-0.15, -0.1) is 0 Å². The number of rotatable bonds is 7. The maximum Gasteiger partial charge on any atom is 0.335 e. The number of likely N-dealkylation sites (N-methyl/N-ethyl adjacent to an activating group) is 1. The van der Waals surface area contributed by atoms with Gasteiger partial charge in [-0.3, -0.25) is 9.69 Å². The van der Waals surface area contributed by atoms with E-state index >= 15 is 0 Å². The van der Waals surface area contributed by atoms with Crippen molar-refractivity contribution < 1.29 is 24.2 Å². The van der Waals surface area contributed by atoms with E-state index in [1.54, 1.807) is 50.6 Å². The Morgan fingerprint density at radius 3 is 2.77 bits per heavy atom. The van der Waals surface area contributed by atoms with Gasteiger partial charge in [0, 0.05) is 7.05 Å². The first kappa shape index (κ1) is 21.2. The van der Waals surface area contributed by atoms with Gasteiger partial charge < -0.3 is 14.6 Å². The number of carboxylic acids is 1. The molecule has 1 fully saturated rings. The molecule has 0 unspecified atom stereocenters. The van der Waals surface area contributed by atoms with E-state index in [1.165, 1.54) is 28.8 Å². The van der Waals surface area contributed by atoms with E-state index in [0.29, 0.717) is 33.9 Å². The van der Waals surface area contributed by atoms with Crippen LogP contribution in [0.15, 0.2) is 65.0 Å². The highest BCUT2D eigenvalue weighted by Crippen LogP contribution is 2.35. The van der Waals surface area contributed by atoms with Crippen LogP contribution in [0.4, 0.5) is 5.69 Å².